The molecule has 6 heteroatoms. The van der Waals surface area contributed by atoms with Crippen LogP contribution < -0.4 is 20.1 Å². The van der Waals surface area contributed by atoms with Gasteiger partial charge in [0.1, 0.15) is 13.2 Å². The minimum atomic E-state index is -0.297. The summed E-state index contributed by atoms with van der Waals surface area (Å²) < 4.78 is 11.1. The molecule has 0 aromatic heterocycles. The highest BCUT2D eigenvalue weighted by molar-refractivity contribution is 6.30. The molecule has 2 amide bonds. The number of ether oxygens (including phenoxy) is 2. The number of nitrogens with one attached hydrogen (secondary N) is 2. The van der Waals surface area contributed by atoms with E-state index >= 15 is 0 Å². The van der Waals surface area contributed by atoms with Crippen molar-refractivity contribution >= 4 is 23.3 Å². The number of hydrogen-bond acceptors (Lipinski definition) is 3. The van der Waals surface area contributed by atoms with E-state index in [1.165, 1.54) is 0 Å². The van der Waals surface area contributed by atoms with Crippen molar-refractivity contribution < 1.29 is 14.3 Å². The van der Waals surface area contributed by atoms with Crippen LogP contribution in [-0.4, -0.2) is 19.2 Å². The quantitative estimate of drug-likeness (QED) is 0.893. The Morgan fingerprint density at radius 1 is 1.13 bits per heavy atom. The number of hydrogen-bond donors (Lipinski definition) is 2. The average Bonchev–Trinajstić information content (AvgIpc) is 2.54. The van der Waals surface area contributed by atoms with E-state index in [4.69, 9.17) is 21.1 Å². The fourth-order valence-corrected chi connectivity index (χ4v) is 2.53. The number of urea groups is 1. The predicted octanol–water partition coefficient (Wildman–Crippen LogP) is 3.99. The molecule has 2 N–H and O–H groups in total. The molecule has 0 aliphatic carbocycles. The maximum absolute atomic E-state index is 12.1. The van der Waals surface area contributed by atoms with Crippen LogP contribution in [0, 0.1) is 0 Å². The van der Waals surface area contributed by atoms with Gasteiger partial charge in [0, 0.05) is 10.7 Å². The summed E-state index contributed by atoms with van der Waals surface area (Å²) in [5.41, 5.74) is 1.58. The summed E-state index contributed by atoms with van der Waals surface area (Å²) in [5.74, 6) is 1.44. The van der Waals surface area contributed by atoms with E-state index in [2.05, 4.69) is 10.6 Å². The normalized spacial score (nSPS) is 14.0. The monoisotopic (exact) mass is 332 g/mol. The molecule has 0 unspecified atom stereocenters. The van der Waals surface area contributed by atoms with Gasteiger partial charge >= 0.3 is 6.03 Å². The van der Waals surface area contributed by atoms with Crippen molar-refractivity contribution in [2.45, 2.75) is 13.0 Å². The van der Waals surface area contributed by atoms with Gasteiger partial charge in [-0.1, -0.05) is 23.7 Å². The Morgan fingerprint density at radius 2 is 1.91 bits per heavy atom. The van der Waals surface area contributed by atoms with Crippen molar-refractivity contribution in [3.8, 4) is 11.5 Å². The molecule has 1 atom stereocenters. The summed E-state index contributed by atoms with van der Waals surface area (Å²) in [6.07, 6.45) is 0. The van der Waals surface area contributed by atoms with Gasteiger partial charge in [-0.05, 0) is 42.8 Å². The van der Waals surface area contributed by atoms with Crippen LogP contribution in [-0.2, 0) is 0 Å². The number of benzene rings is 2. The SMILES string of the molecule is C[C@H](NC(=O)Nc1cccc(Cl)c1)c1ccc2c(c1)OCCO2. The number of amides is 2. The summed E-state index contributed by atoms with van der Waals surface area (Å²) in [5, 5.41) is 6.21. The fraction of sp³-hybridized carbons (Fsp3) is 0.235. The Balaban J connectivity index is 1.64. The van der Waals surface area contributed by atoms with Crippen LogP contribution >= 0.6 is 11.6 Å². The number of fused-ring (bicyclic) bond motifs is 1. The molecule has 3 rings (SSSR count). The number of carbonyl (C=O) groups is 1. The molecule has 0 spiro atoms. The minimum absolute atomic E-state index is 0.176. The van der Waals surface area contributed by atoms with E-state index in [0.29, 0.717) is 29.7 Å². The Morgan fingerprint density at radius 3 is 2.70 bits per heavy atom. The lowest BCUT2D eigenvalue weighted by molar-refractivity contribution is 0.171. The Hall–Kier alpha value is -2.40. The number of carbonyl (C=O) groups excluding carboxylic acids is 1. The molecule has 0 fully saturated rings. The van der Waals surface area contributed by atoms with Gasteiger partial charge in [-0.3, -0.25) is 0 Å². The van der Waals surface area contributed by atoms with Gasteiger partial charge in [-0.15, -0.1) is 0 Å². The van der Waals surface area contributed by atoms with Crippen LogP contribution in [0.4, 0.5) is 10.5 Å². The Kier molecular flexibility index (Phi) is 4.57. The van der Waals surface area contributed by atoms with Gasteiger partial charge in [0.05, 0.1) is 6.04 Å². The largest absolute Gasteiger partial charge is 0.486 e. The molecule has 2 aromatic rings. The molecule has 1 aliphatic heterocycles. The molecule has 120 valence electrons. The summed E-state index contributed by atoms with van der Waals surface area (Å²) in [6, 6.07) is 12.2. The van der Waals surface area contributed by atoms with Gasteiger partial charge in [0.15, 0.2) is 11.5 Å². The molecule has 0 saturated heterocycles. The maximum Gasteiger partial charge on any atom is 0.319 e. The molecule has 1 heterocycles. The molecular weight excluding hydrogens is 316 g/mol. The summed E-state index contributed by atoms with van der Waals surface area (Å²) in [6.45, 7) is 3.00. The second-order valence-electron chi connectivity index (χ2n) is 5.23. The third-order valence-electron chi connectivity index (χ3n) is 3.50. The fourth-order valence-electron chi connectivity index (χ4n) is 2.34. The summed E-state index contributed by atoms with van der Waals surface area (Å²) in [7, 11) is 0. The third kappa shape index (κ3) is 3.87. The van der Waals surface area contributed by atoms with Crippen molar-refractivity contribution in [2.24, 2.45) is 0 Å². The van der Waals surface area contributed by atoms with Crippen LogP contribution in [0.3, 0.4) is 0 Å². The van der Waals surface area contributed by atoms with E-state index in [1.54, 1.807) is 24.3 Å². The van der Waals surface area contributed by atoms with E-state index in [1.807, 2.05) is 25.1 Å². The van der Waals surface area contributed by atoms with Gasteiger partial charge in [0.2, 0.25) is 0 Å². The van der Waals surface area contributed by atoms with Crippen molar-refractivity contribution in [1.29, 1.82) is 0 Å². The van der Waals surface area contributed by atoms with E-state index in [9.17, 15) is 4.79 Å². The van der Waals surface area contributed by atoms with Crippen molar-refractivity contribution in [1.82, 2.24) is 5.32 Å². The zero-order chi connectivity index (χ0) is 16.2. The lowest BCUT2D eigenvalue weighted by Gasteiger charge is -2.21. The van der Waals surface area contributed by atoms with Crippen molar-refractivity contribution in [3.63, 3.8) is 0 Å². The minimum Gasteiger partial charge on any atom is -0.486 e. The molecule has 0 radical (unpaired) electrons. The highest BCUT2D eigenvalue weighted by atomic mass is 35.5. The van der Waals surface area contributed by atoms with Gasteiger partial charge in [0.25, 0.3) is 0 Å². The molecule has 2 aromatic carbocycles. The molecular formula is C17H17ClN2O3. The second-order valence-corrected chi connectivity index (χ2v) is 5.67. The first-order valence-corrected chi connectivity index (χ1v) is 7.72. The van der Waals surface area contributed by atoms with E-state index in [-0.39, 0.29) is 12.1 Å². The van der Waals surface area contributed by atoms with Crippen LogP contribution in [0.5, 0.6) is 11.5 Å². The number of anilines is 1. The first kappa shape index (κ1) is 15.5. The van der Waals surface area contributed by atoms with Crippen molar-refractivity contribution in [2.75, 3.05) is 18.5 Å². The molecule has 5 nitrogen and oxygen atoms in total. The topological polar surface area (TPSA) is 59.6 Å². The van der Waals surface area contributed by atoms with Crippen LogP contribution in [0.1, 0.15) is 18.5 Å². The Bertz CT molecular complexity index is 721. The second kappa shape index (κ2) is 6.79. The number of halogens is 1. The first-order valence-electron chi connectivity index (χ1n) is 7.34. The zero-order valence-electron chi connectivity index (χ0n) is 12.6. The maximum atomic E-state index is 12.1. The third-order valence-corrected chi connectivity index (χ3v) is 3.73. The van der Waals surface area contributed by atoms with Crippen LogP contribution in [0.25, 0.3) is 0 Å². The smallest absolute Gasteiger partial charge is 0.319 e. The van der Waals surface area contributed by atoms with Crippen LogP contribution in [0.2, 0.25) is 5.02 Å². The highest BCUT2D eigenvalue weighted by Crippen LogP contribution is 2.32. The molecule has 1 aliphatic rings. The highest BCUT2D eigenvalue weighted by Gasteiger charge is 2.15. The van der Waals surface area contributed by atoms with Gasteiger partial charge in [-0.2, -0.15) is 0 Å². The standard InChI is InChI=1S/C17H17ClN2O3/c1-11(12-5-6-15-16(9-12)23-8-7-22-15)19-17(21)20-14-4-2-3-13(18)10-14/h2-6,9-11H,7-8H2,1H3,(H2,19,20,21)/t11-/m0/s1. The molecule has 23 heavy (non-hydrogen) atoms. The summed E-state index contributed by atoms with van der Waals surface area (Å²) >= 11 is 5.90. The van der Waals surface area contributed by atoms with E-state index in [0.717, 1.165) is 11.3 Å². The van der Waals surface area contributed by atoms with Crippen molar-refractivity contribution in [3.05, 3.63) is 53.1 Å². The first-order chi connectivity index (χ1) is 11.1. The van der Waals surface area contributed by atoms with Gasteiger partial charge < -0.3 is 20.1 Å². The van der Waals surface area contributed by atoms with Crippen LogP contribution in [0.15, 0.2) is 42.5 Å². The lowest BCUT2D eigenvalue weighted by Crippen LogP contribution is -2.31. The van der Waals surface area contributed by atoms with Gasteiger partial charge in [-0.25, -0.2) is 4.79 Å². The predicted molar refractivity (Wildman–Crippen MR) is 89.5 cm³/mol. The summed E-state index contributed by atoms with van der Waals surface area (Å²) in [4.78, 5) is 12.1. The number of rotatable bonds is 3. The zero-order valence-corrected chi connectivity index (χ0v) is 13.4. The lowest BCUT2D eigenvalue weighted by atomic mass is 10.1. The van der Waals surface area contributed by atoms with E-state index < -0.39 is 0 Å². The molecule has 0 saturated carbocycles. The molecule has 0 bridgehead atoms. The average molecular weight is 333 g/mol. The Labute approximate surface area is 139 Å².